The van der Waals surface area contributed by atoms with E-state index in [4.69, 9.17) is 0 Å². The van der Waals surface area contributed by atoms with Gasteiger partial charge in [-0.15, -0.1) is 0 Å². The van der Waals surface area contributed by atoms with E-state index in [9.17, 15) is 27.9 Å². The molecule has 0 unspecified atom stereocenters. The number of alkyl halides is 3. The van der Waals surface area contributed by atoms with E-state index in [1.165, 1.54) is 19.4 Å². The Kier molecular flexibility index (Phi) is 8.63. The summed E-state index contributed by atoms with van der Waals surface area (Å²) in [5.74, 6) is -2.38. The summed E-state index contributed by atoms with van der Waals surface area (Å²) >= 11 is -0.152. The van der Waals surface area contributed by atoms with E-state index in [-0.39, 0.29) is 34.7 Å². The molecule has 0 amide bonds. The van der Waals surface area contributed by atoms with Gasteiger partial charge in [0.1, 0.15) is 0 Å². The van der Waals surface area contributed by atoms with Crippen LogP contribution in [0.1, 0.15) is 24.1 Å². The topological polar surface area (TPSA) is 75.4 Å². The van der Waals surface area contributed by atoms with Crippen LogP contribution in [0.4, 0.5) is 18.9 Å². The summed E-state index contributed by atoms with van der Waals surface area (Å²) in [5, 5.41) is 9.71. The van der Waals surface area contributed by atoms with Crippen LogP contribution in [0.2, 0.25) is 5.82 Å². The average Bonchev–Trinajstić information content (AvgIpc) is 3.30. The second kappa shape index (κ2) is 11.9. The number of rotatable bonds is 10. The first-order valence-corrected chi connectivity index (χ1v) is 12.7. The number of aromatic nitrogens is 2. The van der Waals surface area contributed by atoms with E-state index in [1.54, 1.807) is 24.7 Å². The van der Waals surface area contributed by atoms with Crippen molar-refractivity contribution >= 4 is 36.4 Å². The SMILES string of the molecule is O=C([B][C@@H](Cc1cn(Cc2ccccc2)cn1)C(=O)O)C1CCN(c2cccc(SC(F)(F)F)c2)CC1. The zero-order valence-corrected chi connectivity index (χ0v) is 20.8. The molecule has 0 spiro atoms. The molecule has 1 aliphatic heterocycles. The van der Waals surface area contributed by atoms with Gasteiger partial charge in [0.15, 0.2) is 0 Å². The van der Waals surface area contributed by atoms with E-state index in [0.29, 0.717) is 43.9 Å². The number of thioether (sulfide) groups is 1. The number of hydrogen-bond acceptors (Lipinski definition) is 5. The molecular formula is C26H26BF3N3O3S. The molecule has 193 valence electrons. The summed E-state index contributed by atoms with van der Waals surface area (Å²) < 4.78 is 40.0. The van der Waals surface area contributed by atoms with Gasteiger partial charge in [-0.2, -0.15) is 13.2 Å². The molecule has 6 nitrogen and oxygen atoms in total. The molecule has 0 aliphatic carbocycles. The second-order valence-corrected chi connectivity index (χ2v) is 10.2. The Hall–Kier alpha value is -3.21. The maximum absolute atomic E-state index is 12.9. The van der Waals surface area contributed by atoms with Crippen molar-refractivity contribution in [2.75, 3.05) is 18.0 Å². The van der Waals surface area contributed by atoms with Crippen LogP contribution in [0.5, 0.6) is 0 Å². The van der Waals surface area contributed by atoms with Gasteiger partial charge in [-0.25, -0.2) is 4.98 Å². The minimum atomic E-state index is -4.35. The van der Waals surface area contributed by atoms with Gasteiger partial charge in [0.05, 0.1) is 17.7 Å². The number of carboxylic acid groups (broad SMARTS) is 1. The van der Waals surface area contributed by atoms with Crippen LogP contribution in [-0.4, -0.2) is 52.2 Å². The van der Waals surface area contributed by atoms with E-state index in [2.05, 4.69) is 4.98 Å². The molecule has 1 saturated heterocycles. The van der Waals surface area contributed by atoms with Gasteiger partial charge >= 0.3 is 5.51 Å². The van der Waals surface area contributed by atoms with Gasteiger partial charge < -0.3 is 19.4 Å². The fourth-order valence-electron chi connectivity index (χ4n) is 4.47. The van der Waals surface area contributed by atoms with Crippen molar-refractivity contribution in [2.24, 2.45) is 5.92 Å². The lowest BCUT2D eigenvalue weighted by Gasteiger charge is -2.33. The van der Waals surface area contributed by atoms with Crippen molar-refractivity contribution < 1.29 is 27.9 Å². The molecule has 1 radical (unpaired) electrons. The first kappa shape index (κ1) is 26.8. The highest BCUT2D eigenvalue weighted by molar-refractivity contribution is 8.00. The number of aliphatic carboxylic acids is 1. The van der Waals surface area contributed by atoms with Gasteiger partial charge in [0.2, 0.25) is 7.28 Å². The Labute approximate surface area is 218 Å². The molecule has 1 fully saturated rings. The van der Waals surface area contributed by atoms with Gasteiger partial charge in [-0.1, -0.05) is 36.4 Å². The van der Waals surface area contributed by atoms with Crippen LogP contribution in [0.15, 0.2) is 72.0 Å². The van der Waals surface area contributed by atoms with Gasteiger partial charge in [-0.3, -0.25) is 4.79 Å². The highest BCUT2D eigenvalue weighted by Crippen LogP contribution is 2.38. The van der Waals surface area contributed by atoms with Gasteiger partial charge in [-0.05, 0) is 54.8 Å². The van der Waals surface area contributed by atoms with Crippen LogP contribution >= 0.6 is 11.8 Å². The Bertz CT molecular complexity index is 1210. The van der Waals surface area contributed by atoms with Crippen LogP contribution in [0.25, 0.3) is 0 Å². The number of halogens is 3. The third-order valence-corrected chi connectivity index (χ3v) is 7.04. The highest BCUT2D eigenvalue weighted by Gasteiger charge is 2.32. The minimum Gasteiger partial charge on any atom is -0.482 e. The summed E-state index contributed by atoms with van der Waals surface area (Å²) in [7, 11) is 1.29. The zero-order valence-electron chi connectivity index (χ0n) is 20.0. The van der Waals surface area contributed by atoms with Crippen molar-refractivity contribution in [3.63, 3.8) is 0 Å². The molecule has 2 aromatic carbocycles. The Balaban J connectivity index is 1.30. The zero-order chi connectivity index (χ0) is 26.4. The summed E-state index contributed by atoms with van der Waals surface area (Å²) in [4.78, 5) is 31.2. The van der Waals surface area contributed by atoms with Crippen molar-refractivity contribution in [1.82, 2.24) is 9.55 Å². The summed E-state index contributed by atoms with van der Waals surface area (Å²) in [6, 6.07) is 16.1. The predicted molar refractivity (Wildman–Crippen MR) is 137 cm³/mol. The van der Waals surface area contributed by atoms with Crippen LogP contribution in [0.3, 0.4) is 0 Å². The van der Waals surface area contributed by atoms with Gasteiger partial charge in [0.25, 0.3) is 5.97 Å². The quantitative estimate of drug-likeness (QED) is 0.292. The molecule has 0 bridgehead atoms. The van der Waals surface area contributed by atoms with Crippen molar-refractivity contribution in [3.8, 4) is 0 Å². The third-order valence-electron chi connectivity index (χ3n) is 6.32. The molecule has 11 heteroatoms. The molecule has 37 heavy (non-hydrogen) atoms. The van der Waals surface area contributed by atoms with Crippen molar-refractivity contribution in [1.29, 1.82) is 0 Å². The van der Waals surface area contributed by atoms with Crippen LogP contribution in [-0.2, 0) is 22.6 Å². The fourth-order valence-corrected chi connectivity index (χ4v) is 5.06. The summed E-state index contributed by atoms with van der Waals surface area (Å²) in [6.45, 7) is 1.63. The number of piperidine rings is 1. The first-order valence-electron chi connectivity index (χ1n) is 11.9. The number of hydrogen-bond donors (Lipinski definition) is 1. The molecule has 3 aromatic rings. The first-order chi connectivity index (χ1) is 17.7. The molecule has 4 rings (SSSR count). The van der Waals surface area contributed by atoms with E-state index >= 15 is 0 Å². The number of benzene rings is 2. The smallest absolute Gasteiger partial charge is 0.446 e. The lowest BCUT2D eigenvalue weighted by atomic mass is 9.55. The number of carbonyl (C=O) groups is 2. The number of anilines is 1. The maximum atomic E-state index is 12.9. The molecule has 1 aromatic heterocycles. The van der Waals surface area contributed by atoms with Crippen LogP contribution < -0.4 is 4.90 Å². The maximum Gasteiger partial charge on any atom is 0.446 e. The van der Waals surface area contributed by atoms with Gasteiger partial charge in [0, 0.05) is 48.1 Å². The number of carboxylic acids is 1. The average molecular weight is 528 g/mol. The summed E-state index contributed by atoms with van der Waals surface area (Å²) in [5.41, 5.74) is -2.19. The second-order valence-electron chi connectivity index (χ2n) is 9.05. The Morgan fingerprint density at radius 2 is 1.84 bits per heavy atom. The normalized spacial score (nSPS) is 15.4. The molecule has 0 saturated carbocycles. The lowest BCUT2D eigenvalue weighted by molar-refractivity contribution is -0.137. The van der Waals surface area contributed by atoms with E-state index in [1.807, 2.05) is 39.8 Å². The molecule has 1 atom stereocenters. The highest BCUT2D eigenvalue weighted by atomic mass is 32.2. The molecule has 1 N–H and O–H groups in total. The number of nitrogens with zero attached hydrogens (tertiary/aromatic N) is 3. The molecule has 2 heterocycles. The Morgan fingerprint density at radius 3 is 2.51 bits per heavy atom. The van der Waals surface area contributed by atoms with Crippen molar-refractivity contribution in [3.05, 3.63) is 78.4 Å². The number of imidazole rings is 1. The minimum absolute atomic E-state index is 0.116. The third kappa shape index (κ3) is 7.89. The monoisotopic (exact) mass is 528 g/mol. The molecule has 1 aliphatic rings. The van der Waals surface area contributed by atoms with E-state index in [0.717, 1.165) is 5.56 Å². The predicted octanol–water partition coefficient (Wildman–Crippen LogP) is 5.11. The number of carbonyl (C=O) groups excluding carboxylic acids is 1. The largest absolute Gasteiger partial charge is 0.482 e. The van der Waals surface area contributed by atoms with E-state index < -0.39 is 17.3 Å². The standard InChI is InChI=1S/C26H26BF3N3O3S/c28-26(29,30)37-22-8-4-7-21(14-22)33-11-9-19(10-12-33)24(34)27-23(25(35)36)13-20-16-32(17-31-20)15-18-5-2-1-3-6-18/h1-8,14,16-17,19,23H,9-13,15H2,(H,35,36)/t23-/m0/s1. The fraction of sp³-hybridized carbons (Fsp3) is 0.346. The van der Waals surface area contributed by atoms with Crippen molar-refractivity contribution in [2.45, 2.75) is 42.0 Å². The summed E-state index contributed by atoms with van der Waals surface area (Å²) in [6.07, 6.45) is 4.57. The molecular weight excluding hydrogens is 502 g/mol. The Morgan fingerprint density at radius 1 is 1.11 bits per heavy atom. The lowest BCUT2D eigenvalue weighted by Crippen LogP contribution is -2.39. The van der Waals surface area contributed by atoms with Crippen LogP contribution in [0, 0.1) is 5.92 Å².